The van der Waals surface area contributed by atoms with Crippen molar-refractivity contribution in [1.82, 2.24) is 14.7 Å². The smallest absolute Gasteiger partial charge is 0.223 e. The van der Waals surface area contributed by atoms with Crippen molar-refractivity contribution in [3.63, 3.8) is 0 Å². The van der Waals surface area contributed by atoms with Crippen molar-refractivity contribution < 1.29 is 4.79 Å². The van der Waals surface area contributed by atoms with E-state index in [0.717, 1.165) is 17.9 Å². The summed E-state index contributed by atoms with van der Waals surface area (Å²) < 4.78 is 1.88. The highest BCUT2D eigenvalue weighted by molar-refractivity contribution is 6.18. The molecule has 1 saturated heterocycles. The molecule has 2 rings (SSSR count). The van der Waals surface area contributed by atoms with Gasteiger partial charge in [-0.3, -0.25) is 9.48 Å². The quantitative estimate of drug-likeness (QED) is 0.789. The molecule has 0 radical (unpaired) electrons. The molecular weight excluding hydrogens is 250 g/mol. The molecule has 0 aromatic carbocycles. The number of carbonyl (C=O) groups is 1. The topological polar surface area (TPSA) is 38.1 Å². The molecule has 5 heteroatoms. The molecule has 1 aromatic rings. The zero-order valence-corrected chi connectivity index (χ0v) is 12.2. The fourth-order valence-corrected chi connectivity index (χ4v) is 3.04. The van der Waals surface area contributed by atoms with Gasteiger partial charge in [-0.2, -0.15) is 5.10 Å². The van der Waals surface area contributed by atoms with E-state index in [1.165, 1.54) is 5.56 Å². The van der Waals surface area contributed by atoms with E-state index in [2.05, 4.69) is 12.0 Å². The maximum atomic E-state index is 12.0. The van der Waals surface area contributed by atoms with E-state index < -0.39 is 0 Å². The monoisotopic (exact) mass is 269 g/mol. The van der Waals surface area contributed by atoms with Crippen LogP contribution in [0.25, 0.3) is 0 Å². The largest absolute Gasteiger partial charge is 0.335 e. The Bertz CT molecular complexity index is 469. The molecule has 18 heavy (non-hydrogen) atoms. The molecule has 4 nitrogen and oxygen atoms in total. The summed E-state index contributed by atoms with van der Waals surface area (Å²) in [6.07, 6.45) is 0.576. The average Bonchev–Trinajstić information content (AvgIpc) is 2.80. The number of likely N-dealkylation sites (tertiary alicyclic amines) is 1. The Morgan fingerprint density at radius 1 is 1.50 bits per heavy atom. The lowest BCUT2D eigenvalue weighted by atomic mass is 10.1. The van der Waals surface area contributed by atoms with Crippen LogP contribution in [0.2, 0.25) is 0 Å². The molecular formula is C13H20ClN3O. The summed E-state index contributed by atoms with van der Waals surface area (Å²) in [6, 6.07) is 0.0828. The molecule has 1 aliphatic rings. The number of aromatic nitrogens is 2. The number of hydrogen-bond donors (Lipinski definition) is 0. The summed E-state index contributed by atoms with van der Waals surface area (Å²) >= 11 is 5.86. The first-order valence-corrected chi connectivity index (χ1v) is 6.84. The van der Waals surface area contributed by atoms with Crippen LogP contribution >= 0.6 is 11.6 Å². The Labute approximate surface area is 113 Å². The molecule has 1 aliphatic heterocycles. The van der Waals surface area contributed by atoms with E-state index >= 15 is 0 Å². The molecule has 0 saturated carbocycles. The van der Waals surface area contributed by atoms with Gasteiger partial charge in [-0.15, -0.1) is 11.6 Å². The summed E-state index contributed by atoms with van der Waals surface area (Å²) in [5, 5.41) is 4.42. The zero-order valence-electron chi connectivity index (χ0n) is 11.4. The van der Waals surface area contributed by atoms with Gasteiger partial charge in [0.05, 0.1) is 11.7 Å². The van der Waals surface area contributed by atoms with Crippen LogP contribution in [0.1, 0.15) is 36.3 Å². The van der Waals surface area contributed by atoms with Gasteiger partial charge in [0.2, 0.25) is 5.91 Å². The molecule has 1 aromatic heterocycles. The highest BCUT2D eigenvalue weighted by atomic mass is 35.5. The van der Waals surface area contributed by atoms with E-state index in [0.29, 0.717) is 18.2 Å². The Balaban J connectivity index is 2.26. The SMILES string of the molecule is Cc1nn(C)c(C)c1C(C)N1CC(CCl)CC1=O. The Hall–Kier alpha value is -1.03. The van der Waals surface area contributed by atoms with Crippen LogP contribution in [0.3, 0.4) is 0 Å². The van der Waals surface area contributed by atoms with Crippen molar-refractivity contribution in [2.24, 2.45) is 13.0 Å². The first-order valence-electron chi connectivity index (χ1n) is 6.31. The van der Waals surface area contributed by atoms with Gasteiger partial charge < -0.3 is 4.90 Å². The molecule has 0 bridgehead atoms. The average molecular weight is 270 g/mol. The highest BCUT2D eigenvalue weighted by Crippen LogP contribution is 2.31. The summed E-state index contributed by atoms with van der Waals surface area (Å²) in [5.41, 5.74) is 3.30. The first kappa shape index (κ1) is 13.4. The Morgan fingerprint density at radius 3 is 2.61 bits per heavy atom. The number of halogens is 1. The predicted molar refractivity (Wildman–Crippen MR) is 71.6 cm³/mol. The van der Waals surface area contributed by atoms with Crippen LogP contribution in [0, 0.1) is 19.8 Å². The van der Waals surface area contributed by atoms with Crippen LogP contribution in [0.15, 0.2) is 0 Å². The molecule has 0 aliphatic carbocycles. The predicted octanol–water partition coefficient (Wildman–Crippen LogP) is 2.19. The van der Waals surface area contributed by atoms with Crippen LogP contribution in [-0.2, 0) is 11.8 Å². The van der Waals surface area contributed by atoms with E-state index in [9.17, 15) is 4.79 Å². The van der Waals surface area contributed by atoms with Gasteiger partial charge in [-0.25, -0.2) is 0 Å². The number of alkyl halides is 1. The van der Waals surface area contributed by atoms with Gasteiger partial charge in [-0.1, -0.05) is 0 Å². The molecule has 1 amide bonds. The lowest BCUT2D eigenvalue weighted by Gasteiger charge is -2.25. The minimum Gasteiger partial charge on any atom is -0.335 e. The van der Waals surface area contributed by atoms with Crippen molar-refractivity contribution in [1.29, 1.82) is 0 Å². The first-order chi connectivity index (χ1) is 8.45. The van der Waals surface area contributed by atoms with Crippen LogP contribution < -0.4 is 0 Å². The second-order valence-electron chi connectivity index (χ2n) is 5.15. The Kier molecular flexibility index (Phi) is 3.66. The van der Waals surface area contributed by atoms with Crippen LogP contribution in [-0.4, -0.2) is 33.0 Å². The number of rotatable bonds is 3. The number of aryl methyl sites for hydroxylation is 2. The summed E-state index contributed by atoms with van der Waals surface area (Å²) in [6.45, 7) is 6.88. The number of carbonyl (C=O) groups excluding carboxylic acids is 1. The third-order valence-corrected chi connectivity index (χ3v) is 4.34. The molecule has 0 spiro atoms. The molecule has 2 atom stereocenters. The molecule has 1 fully saturated rings. The van der Waals surface area contributed by atoms with Crippen molar-refractivity contribution in [3.05, 3.63) is 17.0 Å². The molecule has 100 valence electrons. The maximum Gasteiger partial charge on any atom is 0.223 e. The minimum atomic E-state index is 0.0828. The fourth-order valence-electron chi connectivity index (χ4n) is 2.84. The van der Waals surface area contributed by atoms with Gasteiger partial charge in [0, 0.05) is 37.2 Å². The van der Waals surface area contributed by atoms with Crippen LogP contribution in [0.4, 0.5) is 0 Å². The number of hydrogen-bond acceptors (Lipinski definition) is 2. The normalized spacial score (nSPS) is 21.7. The van der Waals surface area contributed by atoms with Gasteiger partial charge in [-0.05, 0) is 26.7 Å². The van der Waals surface area contributed by atoms with Gasteiger partial charge in [0.1, 0.15) is 0 Å². The van der Waals surface area contributed by atoms with Gasteiger partial charge >= 0.3 is 0 Å². The summed E-state index contributed by atoms with van der Waals surface area (Å²) in [7, 11) is 1.94. The second kappa shape index (κ2) is 4.92. The third-order valence-electron chi connectivity index (χ3n) is 3.91. The number of nitrogens with zero attached hydrogens (tertiary/aromatic N) is 3. The summed E-state index contributed by atoms with van der Waals surface area (Å²) in [5.74, 6) is 1.05. The van der Waals surface area contributed by atoms with Crippen molar-refractivity contribution in [3.8, 4) is 0 Å². The standard InChI is InChI=1S/C13H20ClN3O/c1-8-13(9(2)16(4)15-8)10(3)17-7-11(6-14)5-12(17)18/h10-11H,5-7H2,1-4H3. The maximum absolute atomic E-state index is 12.0. The fraction of sp³-hybridized carbons (Fsp3) is 0.692. The van der Waals surface area contributed by atoms with E-state index in [4.69, 9.17) is 11.6 Å². The minimum absolute atomic E-state index is 0.0828. The summed E-state index contributed by atoms with van der Waals surface area (Å²) in [4.78, 5) is 14.0. The zero-order chi connectivity index (χ0) is 13.4. The second-order valence-corrected chi connectivity index (χ2v) is 5.46. The number of amides is 1. The highest BCUT2D eigenvalue weighted by Gasteiger charge is 2.34. The van der Waals surface area contributed by atoms with Crippen molar-refractivity contribution in [2.45, 2.75) is 33.2 Å². The lowest BCUT2D eigenvalue weighted by Crippen LogP contribution is -2.29. The van der Waals surface area contributed by atoms with E-state index in [1.807, 2.05) is 30.5 Å². The van der Waals surface area contributed by atoms with Gasteiger partial charge in [0.25, 0.3) is 0 Å². The lowest BCUT2D eigenvalue weighted by molar-refractivity contribution is -0.129. The van der Waals surface area contributed by atoms with Crippen molar-refractivity contribution >= 4 is 17.5 Å². The van der Waals surface area contributed by atoms with Crippen LogP contribution in [0.5, 0.6) is 0 Å². The molecule has 2 heterocycles. The van der Waals surface area contributed by atoms with Crippen molar-refractivity contribution in [2.75, 3.05) is 12.4 Å². The Morgan fingerprint density at radius 2 is 2.17 bits per heavy atom. The van der Waals surface area contributed by atoms with E-state index in [1.54, 1.807) is 0 Å². The molecule has 2 unspecified atom stereocenters. The van der Waals surface area contributed by atoms with Gasteiger partial charge in [0.15, 0.2) is 0 Å². The molecule has 0 N–H and O–H groups in total. The third kappa shape index (κ3) is 2.14. The van der Waals surface area contributed by atoms with E-state index in [-0.39, 0.29) is 11.9 Å².